The number of carbonyl (C=O) groups excluding carboxylic acids is 2. The van der Waals surface area contributed by atoms with Gasteiger partial charge in [-0.25, -0.2) is 0 Å². The van der Waals surface area contributed by atoms with Crippen LogP contribution >= 0.6 is 23.1 Å². The summed E-state index contributed by atoms with van der Waals surface area (Å²) < 4.78 is 0. The zero-order valence-electron chi connectivity index (χ0n) is 12.1. The molecule has 2 N–H and O–H groups in total. The van der Waals surface area contributed by atoms with Gasteiger partial charge < -0.3 is 10.6 Å². The van der Waals surface area contributed by atoms with Crippen molar-refractivity contribution in [1.29, 1.82) is 0 Å². The summed E-state index contributed by atoms with van der Waals surface area (Å²) in [4.78, 5) is 24.9. The zero-order valence-corrected chi connectivity index (χ0v) is 13.8. The lowest BCUT2D eigenvalue weighted by Gasteiger charge is -2.20. The first kappa shape index (κ1) is 17.0. The van der Waals surface area contributed by atoms with Crippen LogP contribution in [0.15, 0.2) is 17.5 Å². The van der Waals surface area contributed by atoms with Crippen LogP contribution in [0.2, 0.25) is 0 Å². The summed E-state index contributed by atoms with van der Waals surface area (Å²) in [7, 11) is 0. The summed E-state index contributed by atoms with van der Waals surface area (Å²) in [5, 5.41) is 7.75. The highest BCUT2D eigenvalue weighted by atomic mass is 32.2. The maximum absolute atomic E-state index is 12.3. The van der Waals surface area contributed by atoms with Gasteiger partial charge in [-0.3, -0.25) is 9.59 Å². The number of hydrogen-bond acceptors (Lipinski definition) is 4. The predicted molar refractivity (Wildman–Crippen MR) is 86.1 cm³/mol. The smallest absolute Gasteiger partial charge is 0.243 e. The van der Waals surface area contributed by atoms with Gasteiger partial charge in [0.15, 0.2) is 0 Å². The Balaban J connectivity index is 2.59. The Morgan fingerprint density at radius 1 is 1.40 bits per heavy atom. The molecule has 6 heteroatoms. The molecular formula is C14H22N2O2S2. The highest BCUT2D eigenvalue weighted by Gasteiger charge is 2.21. The van der Waals surface area contributed by atoms with Crippen molar-refractivity contribution in [3.05, 3.63) is 22.4 Å². The number of nitrogens with one attached hydrogen (secondary N) is 2. The lowest BCUT2D eigenvalue weighted by Crippen LogP contribution is -2.47. The maximum atomic E-state index is 12.3. The van der Waals surface area contributed by atoms with Crippen molar-refractivity contribution in [2.24, 2.45) is 0 Å². The second-order valence-electron chi connectivity index (χ2n) is 4.50. The number of rotatable bonds is 8. The van der Waals surface area contributed by atoms with Gasteiger partial charge in [0.2, 0.25) is 11.8 Å². The van der Waals surface area contributed by atoms with E-state index in [4.69, 9.17) is 0 Å². The first-order valence-electron chi connectivity index (χ1n) is 6.70. The molecule has 1 heterocycles. The minimum Gasteiger partial charge on any atom is -0.347 e. The number of thiophene rings is 1. The first-order chi connectivity index (χ1) is 9.58. The fraction of sp³-hybridized carbons (Fsp3) is 0.571. The predicted octanol–water partition coefficient (Wildman–Crippen LogP) is 2.57. The highest BCUT2D eigenvalue weighted by molar-refractivity contribution is 7.98. The standard InChI is InChI=1S/C14H22N2O2S2/c1-4-13(17)16-11(7-9-19-3)14(18)15-10(2)12-6-5-8-20-12/h5-6,8,10-11H,4,7,9H2,1-3H3,(H,15,18)(H,16,17)/t10-,11+/m1/s1. The van der Waals surface area contributed by atoms with E-state index in [1.807, 2.05) is 30.7 Å². The Labute approximate surface area is 128 Å². The molecule has 1 aromatic rings. The van der Waals surface area contributed by atoms with Gasteiger partial charge in [-0.15, -0.1) is 11.3 Å². The van der Waals surface area contributed by atoms with Gasteiger partial charge >= 0.3 is 0 Å². The molecule has 0 unspecified atom stereocenters. The molecule has 112 valence electrons. The average molecular weight is 314 g/mol. The van der Waals surface area contributed by atoms with E-state index in [2.05, 4.69) is 10.6 Å². The molecule has 1 rings (SSSR count). The molecule has 4 nitrogen and oxygen atoms in total. The zero-order chi connectivity index (χ0) is 15.0. The third-order valence-corrected chi connectivity index (χ3v) is 4.61. The molecule has 0 saturated carbocycles. The quantitative estimate of drug-likeness (QED) is 0.775. The Morgan fingerprint density at radius 3 is 2.70 bits per heavy atom. The maximum Gasteiger partial charge on any atom is 0.243 e. The first-order valence-corrected chi connectivity index (χ1v) is 8.97. The van der Waals surface area contributed by atoms with Crippen molar-refractivity contribution in [1.82, 2.24) is 10.6 Å². The van der Waals surface area contributed by atoms with Gasteiger partial charge in [0.05, 0.1) is 6.04 Å². The van der Waals surface area contributed by atoms with Crippen LogP contribution in [0.4, 0.5) is 0 Å². The van der Waals surface area contributed by atoms with Crippen LogP contribution in [-0.4, -0.2) is 29.9 Å². The lowest BCUT2D eigenvalue weighted by atomic mass is 10.1. The average Bonchev–Trinajstić information content (AvgIpc) is 2.97. The van der Waals surface area contributed by atoms with Gasteiger partial charge in [-0.05, 0) is 36.8 Å². The van der Waals surface area contributed by atoms with Crippen LogP contribution in [0.5, 0.6) is 0 Å². The monoisotopic (exact) mass is 314 g/mol. The van der Waals surface area contributed by atoms with Crippen molar-refractivity contribution >= 4 is 34.9 Å². The second-order valence-corrected chi connectivity index (χ2v) is 6.47. The minimum atomic E-state index is -0.447. The molecule has 1 aromatic heterocycles. The summed E-state index contributed by atoms with van der Waals surface area (Å²) in [6.45, 7) is 3.74. The molecule has 0 bridgehead atoms. The summed E-state index contributed by atoms with van der Waals surface area (Å²) in [6.07, 6.45) is 3.03. The largest absolute Gasteiger partial charge is 0.347 e. The van der Waals surface area contributed by atoms with Crippen LogP contribution in [0.1, 0.15) is 37.6 Å². The summed E-state index contributed by atoms with van der Waals surface area (Å²) in [6, 6.07) is 3.49. The summed E-state index contributed by atoms with van der Waals surface area (Å²) >= 11 is 3.28. The Morgan fingerprint density at radius 2 is 2.15 bits per heavy atom. The number of amides is 2. The molecule has 0 aliphatic carbocycles. The van der Waals surface area contributed by atoms with Crippen LogP contribution in [0.25, 0.3) is 0 Å². The van der Waals surface area contributed by atoms with E-state index in [0.717, 1.165) is 10.6 Å². The van der Waals surface area contributed by atoms with Crippen molar-refractivity contribution in [2.45, 2.75) is 38.8 Å². The third-order valence-electron chi connectivity index (χ3n) is 2.91. The Kier molecular flexibility index (Phi) is 7.69. The molecule has 2 atom stereocenters. The molecule has 0 radical (unpaired) electrons. The molecule has 0 aromatic carbocycles. The van der Waals surface area contributed by atoms with Crippen LogP contribution in [-0.2, 0) is 9.59 Å². The third kappa shape index (κ3) is 5.54. The summed E-state index contributed by atoms with van der Waals surface area (Å²) in [5.74, 6) is 0.645. The number of carbonyl (C=O) groups is 2. The molecule has 0 aliphatic heterocycles. The van der Waals surface area contributed by atoms with Crippen molar-refractivity contribution in [3.8, 4) is 0 Å². The fourth-order valence-electron chi connectivity index (χ4n) is 1.72. The minimum absolute atomic E-state index is 0.0298. The van der Waals surface area contributed by atoms with E-state index in [9.17, 15) is 9.59 Å². The fourth-order valence-corrected chi connectivity index (χ4v) is 2.93. The normalized spacial score (nSPS) is 13.6. The molecule has 0 spiro atoms. The van der Waals surface area contributed by atoms with Crippen molar-refractivity contribution < 1.29 is 9.59 Å². The molecule has 0 fully saturated rings. The van der Waals surface area contributed by atoms with Crippen LogP contribution in [0.3, 0.4) is 0 Å². The summed E-state index contributed by atoms with van der Waals surface area (Å²) in [5.41, 5.74) is 0. The van der Waals surface area contributed by atoms with Crippen LogP contribution in [0, 0.1) is 0 Å². The van der Waals surface area contributed by atoms with E-state index in [0.29, 0.717) is 12.8 Å². The van der Waals surface area contributed by atoms with Crippen molar-refractivity contribution in [2.75, 3.05) is 12.0 Å². The van der Waals surface area contributed by atoms with E-state index < -0.39 is 6.04 Å². The van der Waals surface area contributed by atoms with E-state index in [1.54, 1.807) is 30.0 Å². The van der Waals surface area contributed by atoms with Gasteiger partial charge in [-0.1, -0.05) is 13.0 Å². The highest BCUT2D eigenvalue weighted by Crippen LogP contribution is 2.18. The number of thioether (sulfide) groups is 1. The molecule has 2 amide bonds. The van der Waals surface area contributed by atoms with Gasteiger partial charge in [0.1, 0.15) is 6.04 Å². The number of hydrogen-bond donors (Lipinski definition) is 2. The topological polar surface area (TPSA) is 58.2 Å². The van der Waals surface area contributed by atoms with Gasteiger partial charge in [0.25, 0.3) is 0 Å². The SMILES string of the molecule is CCC(=O)N[C@@H](CCSC)C(=O)N[C@H](C)c1cccs1. The Hall–Kier alpha value is -1.01. The van der Waals surface area contributed by atoms with E-state index in [-0.39, 0.29) is 17.9 Å². The Bertz CT molecular complexity index is 421. The van der Waals surface area contributed by atoms with Crippen molar-refractivity contribution in [3.63, 3.8) is 0 Å². The second kappa shape index (κ2) is 9.02. The van der Waals surface area contributed by atoms with Gasteiger partial charge in [-0.2, -0.15) is 11.8 Å². The van der Waals surface area contributed by atoms with E-state index in [1.165, 1.54) is 0 Å². The lowest BCUT2D eigenvalue weighted by molar-refractivity contribution is -0.129. The molecule has 20 heavy (non-hydrogen) atoms. The molecule has 0 aliphatic rings. The van der Waals surface area contributed by atoms with Crippen LogP contribution < -0.4 is 10.6 Å². The molecular weight excluding hydrogens is 292 g/mol. The molecule has 0 saturated heterocycles. The van der Waals surface area contributed by atoms with Gasteiger partial charge in [0, 0.05) is 11.3 Å². The van der Waals surface area contributed by atoms with E-state index >= 15 is 0 Å².